The number of ether oxygens (including phenoxy) is 1. The van der Waals surface area contributed by atoms with Crippen molar-refractivity contribution in [2.75, 3.05) is 15.6 Å². The minimum atomic E-state index is 0.828. The molecule has 0 saturated carbocycles. The van der Waals surface area contributed by atoms with Gasteiger partial charge < -0.3 is 4.74 Å². The highest BCUT2D eigenvalue weighted by Crippen LogP contribution is 1.90. The topological polar surface area (TPSA) is 9.23 Å². The molecule has 0 aliphatic rings. The highest BCUT2D eigenvalue weighted by atomic mass is 127. The Morgan fingerprint density at radius 1 is 1.29 bits per heavy atom. The quantitative estimate of drug-likeness (QED) is 0.437. The van der Waals surface area contributed by atoms with Gasteiger partial charge in [-0.15, -0.1) is 0 Å². The molecule has 0 aromatic heterocycles. The van der Waals surface area contributed by atoms with Gasteiger partial charge in [-0.2, -0.15) is 0 Å². The van der Waals surface area contributed by atoms with E-state index in [0.717, 1.165) is 11.2 Å². The van der Waals surface area contributed by atoms with Gasteiger partial charge in [-0.05, 0) is 6.42 Å². The summed E-state index contributed by atoms with van der Waals surface area (Å²) in [4.78, 5) is 0. The summed E-state index contributed by atoms with van der Waals surface area (Å²) >= 11 is 4.55. The SMILES string of the molecule is ICCCOCI. The highest BCUT2D eigenvalue weighted by Gasteiger charge is 1.80. The first-order valence-corrected chi connectivity index (χ1v) is 5.16. The summed E-state index contributed by atoms with van der Waals surface area (Å²) in [5.74, 6) is 0. The second-order valence-corrected chi connectivity index (χ2v) is 2.76. The zero-order valence-electron chi connectivity index (χ0n) is 3.99. The van der Waals surface area contributed by atoms with Crippen LogP contribution in [0.2, 0.25) is 0 Å². The first-order valence-electron chi connectivity index (χ1n) is 2.11. The summed E-state index contributed by atoms with van der Waals surface area (Å²) in [6.07, 6.45) is 1.18. The molecule has 0 unspecified atom stereocenters. The fraction of sp³-hybridized carbons (Fsp3) is 1.00. The second kappa shape index (κ2) is 7.42. The van der Waals surface area contributed by atoms with Crippen LogP contribution >= 0.6 is 45.2 Å². The van der Waals surface area contributed by atoms with Crippen LogP contribution in [0.4, 0.5) is 0 Å². The summed E-state index contributed by atoms with van der Waals surface area (Å²) in [6, 6.07) is 0. The molecule has 1 nitrogen and oxygen atoms in total. The molecule has 0 aliphatic heterocycles. The summed E-state index contributed by atoms with van der Waals surface area (Å²) in [5.41, 5.74) is 0. The Morgan fingerprint density at radius 2 is 2.00 bits per heavy atom. The number of alkyl halides is 2. The molecule has 7 heavy (non-hydrogen) atoms. The molecule has 0 N–H and O–H groups in total. The summed E-state index contributed by atoms with van der Waals surface area (Å²) in [5, 5.41) is 0. The maximum absolute atomic E-state index is 5.06. The third-order valence-corrected chi connectivity index (χ3v) is 1.70. The molecule has 44 valence electrons. The monoisotopic (exact) mass is 326 g/mol. The van der Waals surface area contributed by atoms with Crippen molar-refractivity contribution >= 4 is 45.2 Å². The molecular formula is C4H8I2O. The lowest BCUT2D eigenvalue weighted by molar-refractivity contribution is 0.193. The number of hydrogen-bond acceptors (Lipinski definition) is 1. The molecule has 0 aliphatic carbocycles. The molecule has 0 saturated heterocycles. The molecule has 0 aromatic carbocycles. The molecule has 0 bridgehead atoms. The Hall–Kier alpha value is 1.42. The Kier molecular flexibility index (Phi) is 8.93. The molecule has 0 amide bonds. The third kappa shape index (κ3) is 7.42. The van der Waals surface area contributed by atoms with Crippen molar-refractivity contribution < 1.29 is 4.74 Å². The van der Waals surface area contributed by atoms with Crippen LogP contribution in [-0.2, 0) is 4.74 Å². The van der Waals surface area contributed by atoms with Crippen LogP contribution in [0.3, 0.4) is 0 Å². The lowest BCUT2D eigenvalue weighted by Gasteiger charge is -1.93. The van der Waals surface area contributed by atoms with Gasteiger partial charge >= 0.3 is 0 Å². The fourth-order valence-corrected chi connectivity index (χ4v) is 0.834. The van der Waals surface area contributed by atoms with Crippen LogP contribution in [0.15, 0.2) is 0 Å². The zero-order valence-corrected chi connectivity index (χ0v) is 8.31. The zero-order chi connectivity index (χ0) is 5.54. The molecule has 0 fully saturated rings. The van der Waals surface area contributed by atoms with Crippen molar-refractivity contribution in [2.45, 2.75) is 6.42 Å². The van der Waals surface area contributed by atoms with Crippen LogP contribution in [0, 0.1) is 0 Å². The third-order valence-electron chi connectivity index (χ3n) is 0.499. The van der Waals surface area contributed by atoms with Gasteiger partial charge in [0.05, 0.1) is 4.61 Å². The minimum Gasteiger partial charge on any atom is -0.371 e. The van der Waals surface area contributed by atoms with E-state index in [0.29, 0.717) is 0 Å². The van der Waals surface area contributed by atoms with E-state index in [1.54, 1.807) is 0 Å². The molecular weight excluding hydrogens is 318 g/mol. The summed E-state index contributed by atoms with van der Waals surface area (Å²) in [6.45, 7) is 0.922. The molecule has 0 aromatic rings. The summed E-state index contributed by atoms with van der Waals surface area (Å²) in [7, 11) is 0. The van der Waals surface area contributed by atoms with Crippen LogP contribution in [0.25, 0.3) is 0 Å². The first-order chi connectivity index (χ1) is 3.41. The maximum Gasteiger partial charge on any atom is 0.0979 e. The van der Waals surface area contributed by atoms with Gasteiger partial charge in [-0.3, -0.25) is 0 Å². The van der Waals surface area contributed by atoms with E-state index >= 15 is 0 Å². The molecule has 3 heteroatoms. The van der Waals surface area contributed by atoms with Crippen LogP contribution in [0.5, 0.6) is 0 Å². The Bertz CT molecular complexity index is 28.9. The van der Waals surface area contributed by atoms with E-state index in [-0.39, 0.29) is 0 Å². The number of halogens is 2. The molecule has 0 spiro atoms. The highest BCUT2D eigenvalue weighted by molar-refractivity contribution is 14.1. The normalized spacial score (nSPS) is 9.43. The van der Waals surface area contributed by atoms with Gasteiger partial charge in [0.1, 0.15) is 0 Å². The predicted molar refractivity (Wildman–Crippen MR) is 48.3 cm³/mol. The van der Waals surface area contributed by atoms with Gasteiger partial charge in [0.15, 0.2) is 0 Å². The van der Waals surface area contributed by atoms with Crippen molar-refractivity contribution in [3.05, 3.63) is 0 Å². The Morgan fingerprint density at radius 3 is 2.43 bits per heavy atom. The molecule has 0 heterocycles. The standard InChI is InChI=1S/C4H8I2O/c5-2-1-3-7-4-6/h1-4H2. The van der Waals surface area contributed by atoms with Crippen molar-refractivity contribution in [3.63, 3.8) is 0 Å². The molecule has 0 radical (unpaired) electrons. The van der Waals surface area contributed by atoms with Crippen molar-refractivity contribution in [1.82, 2.24) is 0 Å². The van der Waals surface area contributed by atoms with E-state index in [4.69, 9.17) is 4.74 Å². The van der Waals surface area contributed by atoms with Crippen LogP contribution in [0.1, 0.15) is 6.42 Å². The molecule has 0 atom stereocenters. The van der Waals surface area contributed by atoms with E-state index in [9.17, 15) is 0 Å². The smallest absolute Gasteiger partial charge is 0.0979 e. The average molecular weight is 326 g/mol. The van der Waals surface area contributed by atoms with Crippen LogP contribution in [-0.4, -0.2) is 15.6 Å². The van der Waals surface area contributed by atoms with Crippen LogP contribution < -0.4 is 0 Å². The lowest BCUT2D eigenvalue weighted by Crippen LogP contribution is -1.90. The number of rotatable bonds is 4. The van der Waals surface area contributed by atoms with Crippen molar-refractivity contribution in [2.24, 2.45) is 0 Å². The van der Waals surface area contributed by atoms with E-state index in [2.05, 4.69) is 45.2 Å². The number of hydrogen-bond donors (Lipinski definition) is 0. The largest absolute Gasteiger partial charge is 0.371 e. The minimum absolute atomic E-state index is 0.828. The van der Waals surface area contributed by atoms with Gasteiger partial charge in [0.2, 0.25) is 0 Å². The predicted octanol–water partition coefficient (Wildman–Crippen LogP) is 2.22. The van der Waals surface area contributed by atoms with Gasteiger partial charge in [-0.1, -0.05) is 45.2 Å². The van der Waals surface area contributed by atoms with Gasteiger partial charge in [0.25, 0.3) is 0 Å². The van der Waals surface area contributed by atoms with Crippen molar-refractivity contribution in [3.8, 4) is 0 Å². The fourth-order valence-electron chi connectivity index (χ4n) is 0.211. The van der Waals surface area contributed by atoms with E-state index < -0.39 is 0 Å². The summed E-state index contributed by atoms with van der Waals surface area (Å²) < 4.78 is 7.09. The molecule has 0 rings (SSSR count). The van der Waals surface area contributed by atoms with E-state index in [1.165, 1.54) is 10.8 Å². The maximum atomic E-state index is 5.06. The van der Waals surface area contributed by atoms with Gasteiger partial charge in [0, 0.05) is 11.0 Å². The Labute approximate surface area is 71.5 Å². The Balaban J connectivity index is 2.45. The average Bonchev–Trinajstić information content (AvgIpc) is 1.69. The first kappa shape index (κ1) is 8.42. The lowest BCUT2D eigenvalue weighted by atomic mass is 10.5. The van der Waals surface area contributed by atoms with E-state index in [1.807, 2.05) is 0 Å². The van der Waals surface area contributed by atoms with Crippen molar-refractivity contribution in [1.29, 1.82) is 0 Å². The second-order valence-electron chi connectivity index (χ2n) is 1.06. The van der Waals surface area contributed by atoms with Gasteiger partial charge in [-0.25, -0.2) is 0 Å².